The molecule has 24 heavy (non-hydrogen) atoms. The molecule has 0 aromatic heterocycles. The van der Waals surface area contributed by atoms with Gasteiger partial charge in [-0.2, -0.15) is 0 Å². The molecule has 7 heteroatoms. The Balaban J connectivity index is 1.83. The number of nitrogens with zero attached hydrogens (tertiary/aromatic N) is 1. The van der Waals surface area contributed by atoms with E-state index in [4.69, 9.17) is 15.2 Å². The molecule has 2 bridgehead atoms. The van der Waals surface area contributed by atoms with E-state index in [0.29, 0.717) is 18.4 Å². The molecule has 2 amide bonds. The van der Waals surface area contributed by atoms with E-state index >= 15 is 0 Å². The van der Waals surface area contributed by atoms with Crippen molar-refractivity contribution in [2.45, 2.75) is 37.5 Å². The van der Waals surface area contributed by atoms with Gasteiger partial charge in [0.05, 0.1) is 18.7 Å². The van der Waals surface area contributed by atoms with Crippen molar-refractivity contribution in [1.29, 1.82) is 0 Å². The molecule has 3 rings (SSSR count). The number of carbonyl (C=O) groups is 3. The maximum absolute atomic E-state index is 12.3. The van der Waals surface area contributed by atoms with Gasteiger partial charge in [-0.05, 0) is 25.0 Å². The van der Waals surface area contributed by atoms with Gasteiger partial charge in [0.1, 0.15) is 12.0 Å². The second kappa shape index (κ2) is 6.51. The van der Waals surface area contributed by atoms with E-state index in [9.17, 15) is 14.4 Å². The van der Waals surface area contributed by atoms with Gasteiger partial charge in [0.2, 0.25) is 0 Å². The Labute approximate surface area is 139 Å². The number of amides is 2. The standard InChI is InChI=1S/C17H20N2O5/c1-23-16(21)14-12-8-7-11(19(12)17(18)22)9-13(14)24-15(20)10-5-3-2-4-6-10/h2-6,11-14H,7-9H2,1H3,(H2,18,22)/t11-,12+,13+,14+/m1/s1. The molecule has 2 aliphatic rings. The smallest absolute Gasteiger partial charge is 0.338 e. The van der Waals surface area contributed by atoms with Crippen LogP contribution in [0.25, 0.3) is 0 Å². The number of fused-ring (bicyclic) bond motifs is 2. The number of rotatable bonds is 3. The molecule has 0 spiro atoms. The summed E-state index contributed by atoms with van der Waals surface area (Å²) in [6.45, 7) is 0. The van der Waals surface area contributed by atoms with E-state index in [1.807, 2.05) is 0 Å². The Kier molecular flexibility index (Phi) is 4.42. The first-order valence-corrected chi connectivity index (χ1v) is 7.94. The number of esters is 2. The first-order chi connectivity index (χ1) is 11.5. The number of benzene rings is 1. The van der Waals surface area contributed by atoms with Crippen molar-refractivity contribution in [3.63, 3.8) is 0 Å². The van der Waals surface area contributed by atoms with Crippen LogP contribution in [0, 0.1) is 5.92 Å². The molecule has 0 saturated carbocycles. The van der Waals surface area contributed by atoms with Crippen molar-refractivity contribution in [2.75, 3.05) is 7.11 Å². The predicted molar refractivity (Wildman–Crippen MR) is 84.0 cm³/mol. The summed E-state index contributed by atoms with van der Waals surface area (Å²) in [6, 6.07) is 7.56. The largest absolute Gasteiger partial charge is 0.469 e. The highest BCUT2D eigenvalue weighted by atomic mass is 16.6. The first-order valence-electron chi connectivity index (χ1n) is 7.94. The number of piperidine rings is 1. The number of urea groups is 1. The van der Waals surface area contributed by atoms with Crippen LogP contribution in [0.3, 0.4) is 0 Å². The van der Waals surface area contributed by atoms with Crippen molar-refractivity contribution < 1.29 is 23.9 Å². The summed E-state index contributed by atoms with van der Waals surface area (Å²) in [5.74, 6) is -1.69. The highest BCUT2D eigenvalue weighted by Gasteiger charge is 2.53. The summed E-state index contributed by atoms with van der Waals surface area (Å²) in [5, 5.41) is 0. The van der Waals surface area contributed by atoms with Crippen LogP contribution in [0.1, 0.15) is 29.6 Å². The van der Waals surface area contributed by atoms with Crippen LogP contribution in [-0.4, -0.2) is 48.2 Å². The van der Waals surface area contributed by atoms with Gasteiger partial charge in [-0.3, -0.25) is 4.79 Å². The predicted octanol–water partition coefficient (Wildman–Crippen LogP) is 1.32. The lowest BCUT2D eigenvalue weighted by Gasteiger charge is -2.41. The van der Waals surface area contributed by atoms with Gasteiger partial charge in [0.15, 0.2) is 0 Å². The van der Waals surface area contributed by atoms with Crippen LogP contribution in [-0.2, 0) is 14.3 Å². The Morgan fingerprint density at radius 1 is 1.17 bits per heavy atom. The molecule has 2 N–H and O–H groups in total. The molecule has 1 aromatic carbocycles. The highest BCUT2D eigenvalue weighted by Crippen LogP contribution is 2.41. The Hall–Kier alpha value is -2.57. The second-order valence-corrected chi connectivity index (χ2v) is 6.14. The molecule has 1 aromatic rings. The molecule has 2 aliphatic heterocycles. The van der Waals surface area contributed by atoms with Crippen LogP contribution >= 0.6 is 0 Å². The van der Waals surface area contributed by atoms with E-state index in [1.54, 1.807) is 30.3 Å². The molecule has 128 valence electrons. The van der Waals surface area contributed by atoms with Crippen LogP contribution in [0.2, 0.25) is 0 Å². The van der Waals surface area contributed by atoms with E-state index in [2.05, 4.69) is 0 Å². The van der Waals surface area contributed by atoms with Crippen LogP contribution in [0.15, 0.2) is 30.3 Å². The average molecular weight is 332 g/mol. The molecule has 2 fully saturated rings. The maximum atomic E-state index is 12.3. The molecule has 2 heterocycles. The molecule has 0 unspecified atom stereocenters. The molecule has 2 saturated heterocycles. The van der Waals surface area contributed by atoms with E-state index in [-0.39, 0.29) is 12.1 Å². The summed E-state index contributed by atoms with van der Waals surface area (Å²) in [6.07, 6.45) is 1.14. The fraction of sp³-hybridized carbons (Fsp3) is 0.471. The van der Waals surface area contributed by atoms with E-state index in [0.717, 1.165) is 6.42 Å². The number of methoxy groups -OCH3 is 1. The van der Waals surface area contributed by atoms with E-state index in [1.165, 1.54) is 12.0 Å². The minimum absolute atomic E-state index is 0.109. The zero-order valence-electron chi connectivity index (χ0n) is 13.4. The van der Waals surface area contributed by atoms with E-state index < -0.39 is 30.0 Å². The third kappa shape index (κ3) is 2.81. The number of primary amides is 1. The molecule has 4 atom stereocenters. The monoisotopic (exact) mass is 332 g/mol. The van der Waals surface area contributed by atoms with Gasteiger partial charge < -0.3 is 20.1 Å². The third-order valence-electron chi connectivity index (χ3n) is 4.86. The molecular formula is C17H20N2O5. The molecular weight excluding hydrogens is 312 g/mol. The van der Waals surface area contributed by atoms with Gasteiger partial charge in [0.25, 0.3) is 0 Å². The van der Waals surface area contributed by atoms with Crippen molar-refractivity contribution in [1.82, 2.24) is 4.90 Å². The normalized spacial score (nSPS) is 28.3. The maximum Gasteiger partial charge on any atom is 0.338 e. The fourth-order valence-electron chi connectivity index (χ4n) is 3.85. The van der Waals surface area contributed by atoms with Gasteiger partial charge in [-0.25, -0.2) is 9.59 Å². The summed E-state index contributed by atoms with van der Waals surface area (Å²) < 4.78 is 10.5. The summed E-state index contributed by atoms with van der Waals surface area (Å²) >= 11 is 0. The minimum Gasteiger partial charge on any atom is -0.469 e. The van der Waals surface area contributed by atoms with Crippen molar-refractivity contribution in [2.24, 2.45) is 11.7 Å². The Morgan fingerprint density at radius 3 is 2.50 bits per heavy atom. The lowest BCUT2D eigenvalue weighted by molar-refractivity contribution is -0.155. The summed E-state index contributed by atoms with van der Waals surface area (Å²) in [7, 11) is 1.29. The quantitative estimate of drug-likeness (QED) is 0.842. The molecule has 0 aliphatic carbocycles. The van der Waals surface area contributed by atoms with Gasteiger partial charge in [0, 0.05) is 12.5 Å². The van der Waals surface area contributed by atoms with Crippen LogP contribution in [0.5, 0.6) is 0 Å². The average Bonchev–Trinajstić information content (AvgIpc) is 2.90. The van der Waals surface area contributed by atoms with Crippen LogP contribution in [0.4, 0.5) is 4.79 Å². The second-order valence-electron chi connectivity index (χ2n) is 6.14. The number of ether oxygens (including phenoxy) is 2. The SMILES string of the molecule is COC(=O)[C@@H]1[C@@H](OC(=O)c2ccccc2)C[C@H]2CC[C@@H]1N2C(N)=O. The van der Waals surface area contributed by atoms with Crippen LogP contribution < -0.4 is 5.73 Å². The molecule has 7 nitrogen and oxygen atoms in total. The van der Waals surface area contributed by atoms with Crippen molar-refractivity contribution in [3.05, 3.63) is 35.9 Å². The lowest BCUT2D eigenvalue weighted by atomic mass is 9.87. The molecule has 0 radical (unpaired) electrons. The number of nitrogens with two attached hydrogens (primary N) is 1. The zero-order valence-corrected chi connectivity index (χ0v) is 13.4. The highest BCUT2D eigenvalue weighted by molar-refractivity contribution is 5.90. The zero-order chi connectivity index (χ0) is 17.3. The minimum atomic E-state index is -0.714. The topological polar surface area (TPSA) is 98.9 Å². The van der Waals surface area contributed by atoms with Gasteiger partial charge in [-0.1, -0.05) is 18.2 Å². The van der Waals surface area contributed by atoms with Crippen molar-refractivity contribution >= 4 is 18.0 Å². The summed E-state index contributed by atoms with van der Waals surface area (Å²) in [4.78, 5) is 37.8. The summed E-state index contributed by atoms with van der Waals surface area (Å²) in [5.41, 5.74) is 5.88. The number of carbonyl (C=O) groups excluding carboxylic acids is 3. The Bertz CT molecular complexity index is 648. The first kappa shape index (κ1) is 16.3. The van der Waals surface area contributed by atoms with Gasteiger partial charge in [-0.15, -0.1) is 0 Å². The third-order valence-corrected chi connectivity index (χ3v) is 4.86. The Morgan fingerprint density at radius 2 is 1.88 bits per heavy atom. The number of hydrogen-bond acceptors (Lipinski definition) is 5. The van der Waals surface area contributed by atoms with Gasteiger partial charge >= 0.3 is 18.0 Å². The lowest BCUT2D eigenvalue weighted by Crippen LogP contribution is -2.58. The van der Waals surface area contributed by atoms with Crippen molar-refractivity contribution in [3.8, 4) is 0 Å². The number of hydrogen-bond donors (Lipinski definition) is 1. The fourth-order valence-corrected chi connectivity index (χ4v) is 3.85.